The maximum absolute atomic E-state index is 12.0. The van der Waals surface area contributed by atoms with Crippen molar-refractivity contribution in [1.82, 2.24) is 16.2 Å². The summed E-state index contributed by atoms with van der Waals surface area (Å²) in [6.45, 7) is 2.96. The molecule has 0 spiro atoms. The molecule has 0 saturated carbocycles. The molecule has 9 heteroatoms. The molecule has 1 aliphatic heterocycles. The standard InChI is InChI=1S/C15H19Cl2N3O3S/c1-9(23-13-11(16)5-2-6-12(13)17)14(21)19-20-15(24)18-8-10-4-3-7-22-10/h2,5-6,9-10H,3-4,7-8H2,1H3,(H,19,21)(H2,18,20,24)/t9-,10-/m0/s1. The van der Waals surface area contributed by atoms with E-state index in [1.54, 1.807) is 25.1 Å². The number of ether oxygens (including phenoxy) is 2. The van der Waals surface area contributed by atoms with Crippen LogP contribution in [0, 0.1) is 0 Å². The van der Waals surface area contributed by atoms with Crippen molar-refractivity contribution in [2.45, 2.75) is 32.0 Å². The fourth-order valence-corrected chi connectivity index (χ4v) is 2.72. The lowest BCUT2D eigenvalue weighted by Gasteiger charge is -2.18. The maximum Gasteiger partial charge on any atom is 0.279 e. The predicted molar refractivity (Wildman–Crippen MR) is 97.4 cm³/mol. The Hall–Kier alpha value is -1.28. The van der Waals surface area contributed by atoms with Crippen LogP contribution >= 0.6 is 35.4 Å². The third-order valence-corrected chi connectivity index (χ3v) is 4.24. The Labute approximate surface area is 156 Å². The molecule has 1 aliphatic rings. The van der Waals surface area contributed by atoms with E-state index < -0.39 is 12.0 Å². The van der Waals surface area contributed by atoms with E-state index >= 15 is 0 Å². The zero-order chi connectivity index (χ0) is 17.5. The van der Waals surface area contributed by atoms with Crippen LogP contribution in [0.25, 0.3) is 0 Å². The van der Waals surface area contributed by atoms with Gasteiger partial charge in [-0.15, -0.1) is 0 Å². The summed E-state index contributed by atoms with van der Waals surface area (Å²) in [5.41, 5.74) is 5.09. The number of hydrogen-bond donors (Lipinski definition) is 3. The summed E-state index contributed by atoms with van der Waals surface area (Å²) in [5.74, 6) is -0.144. The van der Waals surface area contributed by atoms with Gasteiger partial charge in [0.25, 0.3) is 5.91 Å². The average Bonchev–Trinajstić information content (AvgIpc) is 3.07. The molecule has 3 N–H and O–H groups in total. The number of thiocarbonyl (C=S) groups is 1. The van der Waals surface area contributed by atoms with Gasteiger partial charge < -0.3 is 14.8 Å². The van der Waals surface area contributed by atoms with E-state index in [2.05, 4.69) is 16.2 Å². The number of benzene rings is 1. The number of hydrogen-bond acceptors (Lipinski definition) is 4. The zero-order valence-corrected chi connectivity index (χ0v) is 15.4. The number of carbonyl (C=O) groups excluding carboxylic acids is 1. The first kappa shape index (κ1) is 19.1. The lowest BCUT2D eigenvalue weighted by atomic mass is 10.2. The van der Waals surface area contributed by atoms with Crippen molar-refractivity contribution < 1.29 is 14.3 Å². The van der Waals surface area contributed by atoms with Gasteiger partial charge in [-0.2, -0.15) is 0 Å². The Kier molecular flexibility index (Phi) is 7.36. The van der Waals surface area contributed by atoms with Crippen LogP contribution < -0.4 is 20.9 Å². The van der Waals surface area contributed by atoms with Crippen LogP contribution in [-0.2, 0) is 9.53 Å². The molecule has 0 radical (unpaired) electrons. The van der Waals surface area contributed by atoms with Gasteiger partial charge in [0, 0.05) is 13.2 Å². The second-order valence-electron chi connectivity index (χ2n) is 5.27. The minimum Gasteiger partial charge on any atom is -0.478 e. The molecule has 2 rings (SSSR count). The van der Waals surface area contributed by atoms with Crippen molar-refractivity contribution in [2.24, 2.45) is 0 Å². The highest BCUT2D eigenvalue weighted by atomic mass is 35.5. The number of hydrazine groups is 1. The molecule has 6 nitrogen and oxygen atoms in total. The van der Waals surface area contributed by atoms with Crippen molar-refractivity contribution in [2.75, 3.05) is 13.2 Å². The largest absolute Gasteiger partial charge is 0.478 e. The molecule has 0 aromatic heterocycles. The minimum absolute atomic E-state index is 0.157. The maximum atomic E-state index is 12.0. The van der Waals surface area contributed by atoms with Gasteiger partial charge in [0.1, 0.15) is 0 Å². The van der Waals surface area contributed by atoms with Crippen molar-refractivity contribution in [3.8, 4) is 5.75 Å². The lowest BCUT2D eigenvalue weighted by molar-refractivity contribution is -0.127. The van der Waals surface area contributed by atoms with Crippen molar-refractivity contribution in [3.05, 3.63) is 28.2 Å². The molecule has 1 heterocycles. The summed E-state index contributed by atoms with van der Waals surface area (Å²) in [6.07, 6.45) is 1.41. The molecular weight excluding hydrogens is 373 g/mol. The van der Waals surface area contributed by atoms with Crippen molar-refractivity contribution in [1.29, 1.82) is 0 Å². The molecule has 1 amide bonds. The van der Waals surface area contributed by atoms with Gasteiger partial charge in [-0.3, -0.25) is 15.6 Å². The molecule has 24 heavy (non-hydrogen) atoms. The molecule has 0 unspecified atom stereocenters. The molecule has 2 atom stereocenters. The first-order chi connectivity index (χ1) is 11.5. The average molecular weight is 392 g/mol. The third kappa shape index (κ3) is 5.66. The molecule has 1 aromatic rings. The number of para-hydroxylation sites is 1. The topological polar surface area (TPSA) is 71.6 Å². The lowest BCUT2D eigenvalue weighted by Crippen LogP contribution is -2.51. The Morgan fingerprint density at radius 3 is 2.75 bits per heavy atom. The zero-order valence-electron chi connectivity index (χ0n) is 13.1. The van der Waals surface area contributed by atoms with E-state index in [0.29, 0.717) is 21.7 Å². The van der Waals surface area contributed by atoms with E-state index in [9.17, 15) is 4.79 Å². The first-order valence-electron chi connectivity index (χ1n) is 7.53. The van der Waals surface area contributed by atoms with Crippen LogP contribution in [0.4, 0.5) is 0 Å². The highest BCUT2D eigenvalue weighted by Gasteiger charge is 2.19. The Morgan fingerprint density at radius 2 is 2.12 bits per heavy atom. The van der Waals surface area contributed by atoms with Gasteiger partial charge in [0.15, 0.2) is 17.0 Å². The number of carbonyl (C=O) groups is 1. The van der Waals surface area contributed by atoms with Crippen LogP contribution in [0.15, 0.2) is 18.2 Å². The van der Waals surface area contributed by atoms with Crippen LogP contribution in [0.1, 0.15) is 19.8 Å². The van der Waals surface area contributed by atoms with Crippen LogP contribution in [0.3, 0.4) is 0 Å². The molecular formula is C15H19Cl2N3O3S. The second-order valence-corrected chi connectivity index (χ2v) is 6.49. The minimum atomic E-state index is -0.809. The molecule has 0 aliphatic carbocycles. The van der Waals surface area contributed by atoms with E-state index in [1.165, 1.54) is 0 Å². The fourth-order valence-electron chi connectivity index (χ4n) is 2.10. The fraction of sp³-hybridized carbons (Fsp3) is 0.467. The monoisotopic (exact) mass is 391 g/mol. The summed E-state index contributed by atoms with van der Waals surface area (Å²) >= 11 is 17.1. The quantitative estimate of drug-likeness (QED) is 0.528. The summed E-state index contributed by atoms with van der Waals surface area (Å²) in [5, 5.41) is 3.97. The Morgan fingerprint density at radius 1 is 1.42 bits per heavy atom. The van der Waals surface area contributed by atoms with Gasteiger partial charge in [0.2, 0.25) is 0 Å². The number of amides is 1. The number of nitrogens with one attached hydrogen (secondary N) is 3. The Bertz CT molecular complexity index is 577. The summed E-state index contributed by atoms with van der Waals surface area (Å²) in [6, 6.07) is 4.97. The molecule has 1 aromatic carbocycles. The van der Waals surface area contributed by atoms with Crippen LogP contribution in [0.2, 0.25) is 10.0 Å². The number of rotatable bonds is 5. The van der Waals surface area contributed by atoms with Crippen LogP contribution in [0.5, 0.6) is 5.75 Å². The predicted octanol–water partition coefficient (Wildman–Crippen LogP) is 2.43. The second kappa shape index (κ2) is 9.27. The summed E-state index contributed by atoms with van der Waals surface area (Å²) in [4.78, 5) is 12.0. The highest BCUT2D eigenvalue weighted by Crippen LogP contribution is 2.33. The van der Waals surface area contributed by atoms with Crippen molar-refractivity contribution >= 4 is 46.4 Å². The summed E-state index contributed by atoms with van der Waals surface area (Å²) in [7, 11) is 0. The number of halogens is 2. The SMILES string of the molecule is C[C@H](Oc1c(Cl)cccc1Cl)C(=O)NNC(=S)NC[C@@H]1CCCO1. The van der Waals surface area contributed by atoms with E-state index in [4.69, 9.17) is 44.9 Å². The molecule has 132 valence electrons. The van der Waals surface area contributed by atoms with Crippen molar-refractivity contribution in [3.63, 3.8) is 0 Å². The first-order valence-corrected chi connectivity index (χ1v) is 8.69. The van der Waals surface area contributed by atoms with E-state index in [1.807, 2.05) is 0 Å². The van der Waals surface area contributed by atoms with E-state index in [0.717, 1.165) is 19.4 Å². The van der Waals surface area contributed by atoms with E-state index in [-0.39, 0.29) is 11.9 Å². The van der Waals surface area contributed by atoms with Gasteiger partial charge >= 0.3 is 0 Å². The van der Waals surface area contributed by atoms with Gasteiger partial charge in [-0.25, -0.2) is 0 Å². The Balaban J connectivity index is 1.74. The smallest absolute Gasteiger partial charge is 0.279 e. The molecule has 1 saturated heterocycles. The normalized spacial score (nSPS) is 17.9. The molecule has 0 bridgehead atoms. The van der Waals surface area contributed by atoms with Gasteiger partial charge in [-0.1, -0.05) is 29.3 Å². The van der Waals surface area contributed by atoms with Crippen LogP contribution in [-0.4, -0.2) is 36.4 Å². The van der Waals surface area contributed by atoms with Gasteiger partial charge in [0.05, 0.1) is 16.1 Å². The highest BCUT2D eigenvalue weighted by molar-refractivity contribution is 7.80. The molecule has 1 fully saturated rings. The van der Waals surface area contributed by atoms with Gasteiger partial charge in [-0.05, 0) is 44.1 Å². The third-order valence-electron chi connectivity index (χ3n) is 3.40. The summed E-state index contributed by atoms with van der Waals surface area (Å²) < 4.78 is 11.0.